The number of rotatable bonds is 12. The van der Waals surface area contributed by atoms with E-state index in [4.69, 9.17) is 18.9 Å². The van der Waals surface area contributed by atoms with Gasteiger partial charge in [0.15, 0.2) is 23.0 Å². The number of Topliss-reactive ketones (excluding diaryl/α,β-unsaturated/α-hetero) is 1. The lowest BCUT2D eigenvalue weighted by atomic mass is 9.94. The number of aliphatic hydroxyl groups is 1. The Balaban J connectivity index is 1.77. The van der Waals surface area contributed by atoms with Gasteiger partial charge >= 0.3 is 0 Å². The van der Waals surface area contributed by atoms with E-state index in [0.29, 0.717) is 73.0 Å². The largest absolute Gasteiger partial charge is 0.507 e. The Morgan fingerprint density at radius 3 is 2.45 bits per heavy atom. The number of nitrogens with zero attached hydrogens (tertiary/aromatic N) is 2. The van der Waals surface area contributed by atoms with Gasteiger partial charge in [-0.25, -0.2) is 0 Å². The van der Waals surface area contributed by atoms with Crippen LogP contribution >= 0.6 is 0 Å². The number of carbonyl (C=O) groups excluding carboxylic acids is 2. The molecule has 1 N–H and O–H groups in total. The van der Waals surface area contributed by atoms with E-state index in [9.17, 15) is 14.7 Å². The number of fused-ring (bicyclic) bond motifs is 1. The van der Waals surface area contributed by atoms with Crippen LogP contribution in [0.2, 0.25) is 0 Å². The van der Waals surface area contributed by atoms with Crippen LogP contribution in [0, 0.1) is 5.92 Å². The molecule has 2 aliphatic rings. The third-order valence-corrected chi connectivity index (χ3v) is 7.36. The summed E-state index contributed by atoms with van der Waals surface area (Å²) in [5.74, 6) is 0.983. The minimum absolute atomic E-state index is 0.0248. The van der Waals surface area contributed by atoms with Gasteiger partial charge in [0.05, 0.1) is 25.3 Å². The lowest BCUT2D eigenvalue weighted by Gasteiger charge is -2.28. The van der Waals surface area contributed by atoms with Crippen molar-refractivity contribution in [1.82, 2.24) is 9.80 Å². The van der Waals surface area contributed by atoms with E-state index in [2.05, 4.69) is 32.6 Å². The molecule has 1 fully saturated rings. The highest BCUT2D eigenvalue weighted by molar-refractivity contribution is 6.46. The van der Waals surface area contributed by atoms with Crippen molar-refractivity contribution < 1.29 is 33.6 Å². The molecule has 4 rings (SSSR count). The van der Waals surface area contributed by atoms with Crippen molar-refractivity contribution in [3.63, 3.8) is 0 Å². The van der Waals surface area contributed by atoms with Crippen molar-refractivity contribution >= 4 is 17.4 Å². The first-order chi connectivity index (χ1) is 19.3. The third kappa shape index (κ3) is 6.20. The van der Waals surface area contributed by atoms with Gasteiger partial charge in [-0.05, 0) is 61.3 Å². The van der Waals surface area contributed by atoms with Crippen LogP contribution in [0.5, 0.6) is 23.0 Å². The van der Waals surface area contributed by atoms with Crippen molar-refractivity contribution in [2.45, 2.75) is 40.2 Å². The number of likely N-dealkylation sites (N-methyl/N-ethyl adjacent to an activating group) is 1. The predicted molar refractivity (Wildman–Crippen MR) is 152 cm³/mol. The van der Waals surface area contributed by atoms with Crippen molar-refractivity contribution in [3.8, 4) is 23.0 Å². The summed E-state index contributed by atoms with van der Waals surface area (Å²) in [7, 11) is 1.56. The van der Waals surface area contributed by atoms with Crippen LogP contribution in [-0.2, 0) is 9.59 Å². The Labute approximate surface area is 236 Å². The Morgan fingerprint density at radius 1 is 1.05 bits per heavy atom. The van der Waals surface area contributed by atoms with Crippen LogP contribution in [0.4, 0.5) is 0 Å². The van der Waals surface area contributed by atoms with Crippen LogP contribution in [-0.4, -0.2) is 79.7 Å². The molecule has 0 saturated carbocycles. The Morgan fingerprint density at radius 2 is 1.77 bits per heavy atom. The number of hydrogen-bond acceptors (Lipinski definition) is 8. The summed E-state index contributed by atoms with van der Waals surface area (Å²) in [5, 5.41) is 11.5. The maximum absolute atomic E-state index is 13.5. The van der Waals surface area contributed by atoms with Crippen molar-refractivity contribution in [3.05, 3.63) is 53.1 Å². The maximum atomic E-state index is 13.5. The van der Waals surface area contributed by atoms with Gasteiger partial charge < -0.3 is 33.9 Å². The van der Waals surface area contributed by atoms with E-state index in [1.165, 1.54) is 4.90 Å². The molecule has 0 spiro atoms. The van der Waals surface area contributed by atoms with E-state index < -0.39 is 17.7 Å². The molecular weight excluding hydrogens is 512 g/mol. The molecule has 9 heteroatoms. The summed E-state index contributed by atoms with van der Waals surface area (Å²) in [6, 6.07) is 9.59. The van der Waals surface area contributed by atoms with E-state index in [0.717, 1.165) is 19.5 Å². The minimum Gasteiger partial charge on any atom is -0.507 e. The smallest absolute Gasteiger partial charge is 0.295 e. The second-order valence-corrected chi connectivity index (χ2v) is 10.3. The van der Waals surface area contributed by atoms with Gasteiger partial charge in [-0.1, -0.05) is 33.8 Å². The van der Waals surface area contributed by atoms with Crippen molar-refractivity contribution in [2.75, 3.05) is 53.1 Å². The standard InChI is InChI=1S/C31H40N2O7/c1-6-32(7-2)13-14-33-28(21-8-10-23(25(18-21)37-5)38-15-12-20(3)4)27(30(35)31(33)36)29(34)22-9-11-24-26(19-22)40-17-16-39-24/h8-11,18-20,28,34H,6-7,12-17H2,1-5H3. The summed E-state index contributed by atoms with van der Waals surface area (Å²) >= 11 is 0. The third-order valence-electron chi connectivity index (χ3n) is 7.36. The molecule has 2 heterocycles. The SMILES string of the molecule is CCN(CC)CCN1C(=O)C(=O)C(=C(O)c2ccc3c(c2)OCCO3)C1c1ccc(OCCC(C)C)c(OC)c1. The number of ether oxygens (including phenoxy) is 4. The van der Waals surface area contributed by atoms with Gasteiger partial charge in [0.2, 0.25) is 0 Å². The number of hydrogen-bond donors (Lipinski definition) is 1. The molecule has 1 atom stereocenters. The fraction of sp³-hybridized carbons (Fsp3) is 0.484. The molecule has 0 aliphatic carbocycles. The zero-order valence-electron chi connectivity index (χ0n) is 24.1. The molecule has 0 radical (unpaired) electrons. The maximum Gasteiger partial charge on any atom is 0.295 e. The zero-order chi connectivity index (χ0) is 28.8. The number of methoxy groups -OCH3 is 1. The van der Waals surface area contributed by atoms with Crippen molar-refractivity contribution in [2.24, 2.45) is 5.92 Å². The van der Waals surface area contributed by atoms with E-state index in [1.54, 1.807) is 37.4 Å². The lowest BCUT2D eigenvalue weighted by Crippen LogP contribution is -2.38. The van der Waals surface area contributed by atoms with Gasteiger partial charge in [0.25, 0.3) is 11.7 Å². The summed E-state index contributed by atoms with van der Waals surface area (Å²) in [6.07, 6.45) is 0.895. The number of ketones is 1. The van der Waals surface area contributed by atoms with Crippen LogP contribution in [0.25, 0.3) is 5.76 Å². The summed E-state index contributed by atoms with van der Waals surface area (Å²) in [4.78, 5) is 30.6. The molecule has 1 amide bonds. The first-order valence-electron chi connectivity index (χ1n) is 14.0. The average Bonchev–Trinajstić information content (AvgIpc) is 3.22. The van der Waals surface area contributed by atoms with Crippen LogP contribution in [0.3, 0.4) is 0 Å². The summed E-state index contributed by atoms with van der Waals surface area (Å²) in [5.41, 5.74) is 1.04. The first-order valence-corrected chi connectivity index (χ1v) is 14.0. The summed E-state index contributed by atoms with van der Waals surface area (Å²) in [6.45, 7) is 12.3. The lowest BCUT2D eigenvalue weighted by molar-refractivity contribution is -0.140. The van der Waals surface area contributed by atoms with Gasteiger partial charge in [-0.3, -0.25) is 9.59 Å². The molecule has 1 saturated heterocycles. The van der Waals surface area contributed by atoms with Crippen LogP contribution in [0.1, 0.15) is 51.3 Å². The van der Waals surface area contributed by atoms with Crippen LogP contribution in [0.15, 0.2) is 42.0 Å². The highest BCUT2D eigenvalue weighted by atomic mass is 16.6. The number of amides is 1. The van der Waals surface area contributed by atoms with Gasteiger partial charge in [0.1, 0.15) is 19.0 Å². The fourth-order valence-electron chi connectivity index (χ4n) is 4.97. The second kappa shape index (κ2) is 13.1. The monoisotopic (exact) mass is 552 g/mol. The van der Waals surface area contributed by atoms with Crippen LogP contribution < -0.4 is 18.9 Å². The highest BCUT2D eigenvalue weighted by Crippen LogP contribution is 2.43. The molecule has 1 unspecified atom stereocenters. The van der Waals surface area contributed by atoms with E-state index in [1.807, 2.05) is 6.07 Å². The number of aliphatic hydroxyl groups excluding tert-OH is 1. The normalized spacial score (nSPS) is 18.1. The molecule has 216 valence electrons. The predicted octanol–water partition coefficient (Wildman–Crippen LogP) is 4.65. The number of benzene rings is 2. The van der Waals surface area contributed by atoms with Gasteiger partial charge in [-0.15, -0.1) is 0 Å². The molecule has 2 aromatic rings. The minimum atomic E-state index is -0.803. The molecule has 2 aromatic carbocycles. The quantitative estimate of drug-likeness (QED) is 0.231. The molecule has 0 aromatic heterocycles. The Kier molecular flexibility index (Phi) is 9.58. The number of likely N-dealkylation sites (tertiary alicyclic amines) is 1. The van der Waals surface area contributed by atoms with E-state index in [-0.39, 0.29) is 11.3 Å². The molecule has 40 heavy (non-hydrogen) atoms. The van der Waals surface area contributed by atoms with Gasteiger partial charge in [-0.2, -0.15) is 0 Å². The van der Waals surface area contributed by atoms with E-state index >= 15 is 0 Å². The fourth-order valence-corrected chi connectivity index (χ4v) is 4.97. The Hall–Kier alpha value is -3.72. The second-order valence-electron chi connectivity index (χ2n) is 10.3. The molecular formula is C31H40N2O7. The zero-order valence-corrected chi connectivity index (χ0v) is 24.1. The molecule has 9 nitrogen and oxygen atoms in total. The molecule has 2 aliphatic heterocycles. The Bertz CT molecular complexity index is 1250. The van der Waals surface area contributed by atoms with Crippen molar-refractivity contribution in [1.29, 1.82) is 0 Å². The number of carbonyl (C=O) groups is 2. The van der Waals surface area contributed by atoms with Gasteiger partial charge in [0, 0.05) is 18.7 Å². The molecule has 0 bridgehead atoms. The average molecular weight is 553 g/mol. The topological polar surface area (TPSA) is 97.8 Å². The summed E-state index contributed by atoms with van der Waals surface area (Å²) < 4.78 is 22.9. The highest BCUT2D eigenvalue weighted by Gasteiger charge is 2.46. The first kappa shape index (κ1) is 29.3.